The smallest absolute Gasteiger partial charge is 0.00200 e. The molecule has 1 heterocycles. The lowest BCUT2D eigenvalue weighted by Gasteiger charge is -2.37. The Balaban J connectivity index is 2.27. The molecule has 1 rings (SSSR count). The van der Waals surface area contributed by atoms with Gasteiger partial charge < -0.3 is 10.6 Å². The summed E-state index contributed by atoms with van der Waals surface area (Å²) in [5.74, 6) is 0.866. The van der Waals surface area contributed by atoms with Crippen LogP contribution < -0.4 is 10.6 Å². The Morgan fingerprint density at radius 2 is 2.00 bits per heavy atom. The van der Waals surface area contributed by atoms with Crippen LogP contribution in [0.4, 0.5) is 0 Å². The zero-order valence-corrected chi connectivity index (χ0v) is 11.4. The molecule has 1 aliphatic rings. The van der Waals surface area contributed by atoms with E-state index in [9.17, 15) is 0 Å². The van der Waals surface area contributed by atoms with Crippen molar-refractivity contribution in [3.05, 3.63) is 0 Å². The van der Waals surface area contributed by atoms with E-state index in [1.54, 1.807) is 0 Å². The summed E-state index contributed by atoms with van der Waals surface area (Å²) in [5, 5.41) is 7.26. The average molecular weight is 226 g/mol. The summed E-state index contributed by atoms with van der Waals surface area (Å²) in [4.78, 5) is 0. The lowest BCUT2D eigenvalue weighted by atomic mass is 9.78. The third-order valence-corrected chi connectivity index (χ3v) is 4.40. The van der Waals surface area contributed by atoms with Crippen molar-refractivity contribution in [3.63, 3.8) is 0 Å². The third-order valence-electron chi connectivity index (χ3n) is 4.40. The quantitative estimate of drug-likeness (QED) is 0.697. The van der Waals surface area contributed by atoms with E-state index in [1.807, 2.05) is 0 Å². The van der Waals surface area contributed by atoms with Gasteiger partial charge in [-0.05, 0) is 43.7 Å². The molecule has 0 spiro atoms. The van der Waals surface area contributed by atoms with Gasteiger partial charge in [0.15, 0.2) is 0 Å². The molecule has 2 heteroatoms. The first-order chi connectivity index (χ1) is 7.76. The maximum atomic E-state index is 3.71. The molecule has 0 aromatic carbocycles. The highest BCUT2D eigenvalue weighted by Crippen LogP contribution is 2.29. The lowest BCUT2D eigenvalue weighted by Crippen LogP contribution is -2.46. The van der Waals surface area contributed by atoms with Gasteiger partial charge in [0.1, 0.15) is 0 Å². The SMILES string of the molecule is CCC(CC)CNCC1(CC)CCCNC1. The van der Waals surface area contributed by atoms with Crippen LogP contribution in [-0.4, -0.2) is 26.2 Å². The van der Waals surface area contributed by atoms with Gasteiger partial charge in [0.25, 0.3) is 0 Å². The highest BCUT2D eigenvalue weighted by atomic mass is 14.9. The molecule has 96 valence electrons. The molecule has 1 aliphatic heterocycles. The van der Waals surface area contributed by atoms with E-state index in [1.165, 1.54) is 58.3 Å². The summed E-state index contributed by atoms with van der Waals surface area (Å²) in [6.45, 7) is 11.8. The van der Waals surface area contributed by atoms with E-state index in [4.69, 9.17) is 0 Å². The third kappa shape index (κ3) is 4.06. The largest absolute Gasteiger partial charge is 0.316 e. The topological polar surface area (TPSA) is 24.1 Å². The number of piperidine rings is 1. The minimum Gasteiger partial charge on any atom is -0.316 e. The monoisotopic (exact) mass is 226 g/mol. The molecule has 0 bridgehead atoms. The predicted octanol–water partition coefficient (Wildman–Crippen LogP) is 2.79. The van der Waals surface area contributed by atoms with Crippen LogP contribution in [0, 0.1) is 11.3 Å². The van der Waals surface area contributed by atoms with E-state index in [2.05, 4.69) is 31.4 Å². The first kappa shape index (κ1) is 14.0. The Morgan fingerprint density at radius 3 is 2.50 bits per heavy atom. The fraction of sp³-hybridized carbons (Fsp3) is 1.00. The molecule has 0 aromatic rings. The zero-order chi connectivity index (χ0) is 11.9. The van der Waals surface area contributed by atoms with Crippen molar-refractivity contribution < 1.29 is 0 Å². The van der Waals surface area contributed by atoms with Crippen LogP contribution in [0.3, 0.4) is 0 Å². The molecular weight excluding hydrogens is 196 g/mol. The van der Waals surface area contributed by atoms with Gasteiger partial charge in [-0.25, -0.2) is 0 Å². The van der Waals surface area contributed by atoms with Crippen LogP contribution in [0.15, 0.2) is 0 Å². The van der Waals surface area contributed by atoms with Gasteiger partial charge in [0.05, 0.1) is 0 Å². The number of rotatable bonds is 7. The van der Waals surface area contributed by atoms with Gasteiger partial charge in [-0.3, -0.25) is 0 Å². The van der Waals surface area contributed by atoms with Crippen LogP contribution in [0.2, 0.25) is 0 Å². The Labute approximate surface area is 102 Å². The first-order valence-corrected chi connectivity index (χ1v) is 7.17. The van der Waals surface area contributed by atoms with Gasteiger partial charge in [0.2, 0.25) is 0 Å². The summed E-state index contributed by atoms with van der Waals surface area (Å²) in [5.41, 5.74) is 0.532. The van der Waals surface area contributed by atoms with Crippen molar-refractivity contribution in [1.82, 2.24) is 10.6 Å². The van der Waals surface area contributed by atoms with E-state index in [-0.39, 0.29) is 0 Å². The molecule has 1 unspecified atom stereocenters. The van der Waals surface area contributed by atoms with Crippen LogP contribution in [0.1, 0.15) is 52.9 Å². The van der Waals surface area contributed by atoms with Crippen LogP contribution >= 0.6 is 0 Å². The zero-order valence-electron chi connectivity index (χ0n) is 11.4. The van der Waals surface area contributed by atoms with Crippen LogP contribution in [-0.2, 0) is 0 Å². The van der Waals surface area contributed by atoms with Crippen molar-refractivity contribution in [2.45, 2.75) is 52.9 Å². The summed E-state index contributed by atoms with van der Waals surface area (Å²) in [6.07, 6.45) is 6.66. The second-order valence-corrected chi connectivity index (χ2v) is 5.45. The van der Waals surface area contributed by atoms with Crippen LogP contribution in [0.5, 0.6) is 0 Å². The van der Waals surface area contributed by atoms with Gasteiger partial charge in [-0.15, -0.1) is 0 Å². The van der Waals surface area contributed by atoms with Crippen LogP contribution in [0.25, 0.3) is 0 Å². The maximum Gasteiger partial charge on any atom is 0.00200 e. The predicted molar refractivity (Wildman–Crippen MR) is 71.8 cm³/mol. The second kappa shape index (κ2) is 7.29. The fourth-order valence-electron chi connectivity index (χ4n) is 2.73. The van der Waals surface area contributed by atoms with Gasteiger partial charge in [-0.2, -0.15) is 0 Å². The first-order valence-electron chi connectivity index (χ1n) is 7.17. The Kier molecular flexibility index (Phi) is 6.37. The molecule has 0 amide bonds. The lowest BCUT2D eigenvalue weighted by molar-refractivity contribution is 0.189. The molecule has 1 saturated heterocycles. The van der Waals surface area contributed by atoms with Crippen molar-refractivity contribution in [1.29, 1.82) is 0 Å². The molecule has 1 fully saturated rings. The molecule has 0 saturated carbocycles. The molecule has 2 nitrogen and oxygen atoms in total. The molecule has 0 aliphatic carbocycles. The van der Waals surface area contributed by atoms with Gasteiger partial charge in [-0.1, -0.05) is 33.6 Å². The maximum absolute atomic E-state index is 3.71. The molecule has 2 N–H and O–H groups in total. The van der Waals surface area contributed by atoms with Crippen molar-refractivity contribution in [3.8, 4) is 0 Å². The average Bonchev–Trinajstić information content (AvgIpc) is 2.36. The minimum absolute atomic E-state index is 0.532. The molecule has 0 radical (unpaired) electrons. The van der Waals surface area contributed by atoms with Gasteiger partial charge in [0, 0.05) is 13.1 Å². The highest BCUT2D eigenvalue weighted by Gasteiger charge is 2.29. The summed E-state index contributed by atoms with van der Waals surface area (Å²) in [6, 6.07) is 0. The molecule has 16 heavy (non-hydrogen) atoms. The fourth-order valence-corrected chi connectivity index (χ4v) is 2.73. The molecule has 0 aromatic heterocycles. The molecular formula is C14H30N2. The second-order valence-electron chi connectivity index (χ2n) is 5.45. The standard InChI is InChI=1S/C14H30N2/c1-4-13(5-2)10-16-12-14(6-3)8-7-9-15-11-14/h13,15-16H,4-12H2,1-3H3. The number of hydrogen-bond acceptors (Lipinski definition) is 2. The summed E-state index contributed by atoms with van der Waals surface area (Å²) < 4.78 is 0. The van der Waals surface area contributed by atoms with E-state index >= 15 is 0 Å². The summed E-state index contributed by atoms with van der Waals surface area (Å²) in [7, 11) is 0. The van der Waals surface area contributed by atoms with Crippen molar-refractivity contribution in [2.75, 3.05) is 26.2 Å². The number of nitrogens with one attached hydrogen (secondary N) is 2. The summed E-state index contributed by atoms with van der Waals surface area (Å²) >= 11 is 0. The minimum atomic E-state index is 0.532. The van der Waals surface area contributed by atoms with E-state index < -0.39 is 0 Å². The van der Waals surface area contributed by atoms with Crippen molar-refractivity contribution >= 4 is 0 Å². The number of hydrogen-bond donors (Lipinski definition) is 2. The Hall–Kier alpha value is -0.0800. The Morgan fingerprint density at radius 1 is 1.25 bits per heavy atom. The molecule has 1 atom stereocenters. The van der Waals surface area contributed by atoms with E-state index in [0.717, 1.165) is 5.92 Å². The highest BCUT2D eigenvalue weighted by molar-refractivity contribution is 4.86. The Bertz CT molecular complexity index is 170. The normalized spacial score (nSPS) is 26.2. The van der Waals surface area contributed by atoms with E-state index in [0.29, 0.717) is 5.41 Å². The van der Waals surface area contributed by atoms with Gasteiger partial charge >= 0.3 is 0 Å². The van der Waals surface area contributed by atoms with Crippen molar-refractivity contribution in [2.24, 2.45) is 11.3 Å².